The number of esters is 1. The minimum Gasteiger partial charge on any atom is -0.469 e. The van der Waals surface area contributed by atoms with E-state index in [-0.39, 0.29) is 11.9 Å². The van der Waals surface area contributed by atoms with E-state index >= 15 is 0 Å². The molecule has 1 aliphatic heterocycles. The van der Waals surface area contributed by atoms with Crippen molar-refractivity contribution in [1.29, 1.82) is 0 Å². The third-order valence-corrected chi connectivity index (χ3v) is 1.98. The number of hydrogen-bond donors (Lipinski definition) is 0. The van der Waals surface area contributed by atoms with Gasteiger partial charge < -0.3 is 4.74 Å². The van der Waals surface area contributed by atoms with Gasteiger partial charge in [-0.3, -0.25) is 4.79 Å². The maximum absolute atomic E-state index is 10.9. The molecule has 58 valence electrons. The average Bonchev–Trinajstić information content (AvgIpc) is 2.34. The Kier molecular flexibility index (Phi) is 2.51. The van der Waals surface area contributed by atoms with Crippen LogP contribution >= 0.6 is 11.8 Å². The fourth-order valence-electron chi connectivity index (χ4n) is 1.08. The Morgan fingerprint density at radius 3 is 2.90 bits per heavy atom. The van der Waals surface area contributed by atoms with Crippen molar-refractivity contribution >= 4 is 17.7 Å². The molecule has 0 radical (unpaired) electrons. The Labute approximate surface area is 65.0 Å². The zero-order chi connectivity index (χ0) is 7.56. The largest absolute Gasteiger partial charge is 0.469 e. The monoisotopic (exact) mass is 163 g/mol. The van der Waals surface area contributed by atoms with Crippen LogP contribution in [0.1, 0.15) is 6.42 Å². The summed E-state index contributed by atoms with van der Waals surface area (Å²) in [5.74, 6) is -0.161. The predicted octanol–water partition coefficient (Wildman–Crippen LogP) is 0.635. The topological polar surface area (TPSA) is 29.5 Å². The highest BCUT2D eigenvalue weighted by Gasteiger charge is 2.27. The summed E-state index contributed by atoms with van der Waals surface area (Å²) in [4.78, 5) is 10.9. The van der Waals surface area contributed by atoms with Crippen molar-refractivity contribution in [3.8, 4) is 0 Å². The van der Waals surface area contributed by atoms with Gasteiger partial charge in [0.25, 0.3) is 0 Å². The molecular formula is C6H10ClNO2. The van der Waals surface area contributed by atoms with Crippen LogP contribution in [-0.2, 0) is 9.53 Å². The lowest BCUT2D eigenvalue weighted by Crippen LogP contribution is -2.18. The molecule has 0 saturated carbocycles. The lowest BCUT2D eigenvalue weighted by molar-refractivity contribution is -0.144. The first-order chi connectivity index (χ1) is 4.74. The molecule has 0 spiro atoms. The second-order valence-corrected chi connectivity index (χ2v) is 2.86. The van der Waals surface area contributed by atoms with Gasteiger partial charge in [-0.25, -0.2) is 4.42 Å². The Morgan fingerprint density at radius 2 is 2.50 bits per heavy atom. The van der Waals surface area contributed by atoms with Crippen LogP contribution in [0, 0.1) is 5.92 Å². The van der Waals surface area contributed by atoms with Gasteiger partial charge in [0.1, 0.15) is 0 Å². The van der Waals surface area contributed by atoms with Gasteiger partial charge in [-0.2, -0.15) is 0 Å². The maximum atomic E-state index is 10.9. The molecule has 1 unspecified atom stereocenters. The minimum atomic E-state index is -0.150. The number of hydrogen-bond acceptors (Lipinski definition) is 3. The van der Waals surface area contributed by atoms with Crippen molar-refractivity contribution in [1.82, 2.24) is 4.42 Å². The summed E-state index contributed by atoms with van der Waals surface area (Å²) in [5.41, 5.74) is 0. The third-order valence-electron chi connectivity index (χ3n) is 1.67. The normalized spacial score (nSPS) is 26.8. The summed E-state index contributed by atoms with van der Waals surface area (Å²) < 4.78 is 6.17. The predicted molar refractivity (Wildman–Crippen MR) is 37.5 cm³/mol. The quantitative estimate of drug-likeness (QED) is 0.420. The van der Waals surface area contributed by atoms with Gasteiger partial charge in [0, 0.05) is 13.1 Å². The maximum Gasteiger partial charge on any atom is 0.310 e. The molecule has 3 nitrogen and oxygen atoms in total. The van der Waals surface area contributed by atoms with Crippen LogP contribution in [0.5, 0.6) is 0 Å². The molecule has 4 heteroatoms. The van der Waals surface area contributed by atoms with Crippen molar-refractivity contribution in [2.75, 3.05) is 20.2 Å². The number of nitrogens with zero attached hydrogens (tertiary/aromatic N) is 1. The van der Waals surface area contributed by atoms with Gasteiger partial charge in [0.15, 0.2) is 0 Å². The molecule has 0 aliphatic carbocycles. The summed E-state index contributed by atoms with van der Waals surface area (Å²) in [6.07, 6.45) is 0.816. The van der Waals surface area contributed by atoms with Crippen LogP contribution < -0.4 is 0 Å². The van der Waals surface area contributed by atoms with Crippen LogP contribution in [-0.4, -0.2) is 30.6 Å². The number of methoxy groups -OCH3 is 1. The molecule has 1 aliphatic rings. The second-order valence-electron chi connectivity index (χ2n) is 2.38. The van der Waals surface area contributed by atoms with Crippen molar-refractivity contribution in [3.63, 3.8) is 0 Å². The van der Waals surface area contributed by atoms with E-state index in [1.807, 2.05) is 0 Å². The fraction of sp³-hybridized carbons (Fsp3) is 0.833. The smallest absolute Gasteiger partial charge is 0.310 e. The van der Waals surface area contributed by atoms with E-state index in [0.29, 0.717) is 6.54 Å². The molecule has 0 bridgehead atoms. The molecule has 0 aromatic carbocycles. The first-order valence-corrected chi connectivity index (χ1v) is 3.56. The fourth-order valence-corrected chi connectivity index (χ4v) is 1.34. The second kappa shape index (κ2) is 3.21. The third kappa shape index (κ3) is 1.61. The molecule has 1 rings (SSSR count). The highest BCUT2D eigenvalue weighted by atomic mass is 35.5. The van der Waals surface area contributed by atoms with Crippen LogP contribution in [0.25, 0.3) is 0 Å². The summed E-state index contributed by atoms with van der Waals surface area (Å²) in [5, 5.41) is 0. The summed E-state index contributed by atoms with van der Waals surface area (Å²) in [6, 6.07) is 0. The van der Waals surface area contributed by atoms with Crippen molar-refractivity contribution < 1.29 is 9.53 Å². The highest BCUT2D eigenvalue weighted by molar-refractivity contribution is 6.13. The minimum absolute atomic E-state index is 0.0116. The Morgan fingerprint density at radius 1 is 1.80 bits per heavy atom. The molecule has 1 atom stereocenters. The standard InChI is InChI=1S/C6H10ClNO2/c1-10-6(9)5-2-3-8(7)4-5/h5H,2-4H2,1H3. The van der Waals surface area contributed by atoms with E-state index in [9.17, 15) is 4.79 Å². The molecule has 0 N–H and O–H groups in total. The number of rotatable bonds is 1. The lowest BCUT2D eigenvalue weighted by Gasteiger charge is -2.04. The Balaban J connectivity index is 2.37. The first kappa shape index (κ1) is 7.82. The molecule has 1 fully saturated rings. The summed E-state index contributed by atoms with van der Waals surface area (Å²) in [6.45, 7) is 1.40. The van der Waals surface area contributed by atoms with E-state index < -0.39 is 0 Å². The number of halogens is 1. The van der Waals surface area contributed by atoms with E-state index in [1.165, 1.54) is 7.11 Å². The van der Waals surface area contributed by atoms with Crippen molar-refractivity contribution in [2.45, 2.75) is 6.42 Å². The zero-order valence-electron chi connectivity index (χ0n) is 5.84. The van der Waals surface area contributed by atoms with Crippen molar-refractivity contribution in [3.05, 3.63) is 0 Å². The van der Waals surface area contributed by atoms with Gasteiger partial charge in [0.2, 0.25) is 0 Å². The van der Waals surface area contributed by atoms with Crippen LogP contribution in [0.2, 0.25) is 0 Å². The SMILES string of the molecule is COC(=O)C1CCN(Cl)C1. The average molecular weight is 164 g/mol. The van der Waals surface area contributed by atoms with E-state index in [1.54, 1.807) is 4.42 Å². The van der Waals surface area contributed by atoms with E-state index in [0.717, 1.165) is 13.0 Å². The molecular weight excluding hydrogens is 154 g/mol. The van der Waals surface area contributed by atoms with Crippen LogP contribution in [0.3, 0.4) is 0 Å². The summed E-state index contributed by atoms with van der Waals surface area (Å²) >= 11 is 5.63. The van der Waals surface area contributed by atoms with Crippen molar-refractivity contribution in [2.24, 2.45) is 5.92 Å². The molecule has 0 amide bonds. The molecule has 0 aromatic rings. The van der Waals surface area contributed by atoms with Crippen LogP contribution in [0.15, 0.2) is 0 Å². The lowest BCUT2D eigenvalue weighted by atomic mass is 10.1. The van der Waals surface area contributed by atoms with Gasteiger partial charge in [-0.05, 0) is 18.2 Å². The highest BCUT2D eigenvalue weighted by Crippen LogP contribution is 2.18. The van der Waals surface area contributed by atoms with Gasteiger partial charge in [-0.15, -0.1) is 0 Å². The summed E-state index contributed by atoms with van der Waals surface area (Å²) in [7, 11) is 1.40. The van der Waals surface area contributed by atoms with E-state index in [2.05, 4.69) is 4.74 Å². The molecule has 1 saturated heterocycles. The van der Waals surface area contributed by atoms with Crippen LogP contribution in [0.4, 0.5) is 0 Å². The van der Waals surface area contributed by atoms with Gasteiger partial charge in [0.05, 0.1) is 13.0 Å². The number of ether oxygens (including phenoxy) is 1. The zero-order valence-corrected chi connectivity index (χ0v) is 6.60. The molecule has 0 aromatic heterocycles. The Bertz CT molecular complexity index is 140. The van der Waals surface area contributed by atoms with E-state index in [4.69, 9.17) is 11.8 Å². The number of carbonyl (C=O) groups is 1. The Hall–Kier alpha value is -0.280. The first-order valence-electron chi connectivity index (χ1n) is 3.22. The van der Waals surface area contributed by atoms with Gasteiger partial charge >= 0.3 is 5.97 Å². The molecule has 10 heavy (non-hydrogen) atoms. The van der Waals surface area contributed by atoms with Gasteiger partial charge in [-0.1, -0.05) is 0 Å². The molecule has 1 heterocycles. The number of carbonyl (C=O) groups excluding carboxylic acids is 1.